The van der Waals surface area contributed by atoms with Crippen molar-refractivity contribution in [2.75, 3.05) is 11.9 Å². The smallest absolute Gasteiger partial charge is 0.306 e. The summed E-state index contributed by atoms with van der Waals surface area (Å²) in [6.45, 7) is 4.33. The molecule has 1 N–H and O–H groups in total. The van der Waals surface area contributed by atoms with Gasteiger partial charge in [0, 0.05) is 24.5 Å². The predicted molar refractivity (Wildman–Crippen MR) is 146 cm³/mol. The second-order valence-corrected chi connectivity index (χ2v) is 9.98. The van der Waals surface area contributed by atoms with Crippen LogP contribution >= 0.6 is 0 Å². The highest BCUT2D eigenvalue weighted by Crippen LogP contribution is 2.37. The van der Waals surface area contributed by atoms with Crippen LogP contribution in [0.5, 0.6) is 0 Å². The maximum absolute atomic E-state index is 12.7. The van der Waals surface area contributed by atoms with Crippen LogP contribution in [0.3, 0.4) is 0 Å². The first-order valence-corrected chi connectivity index (χ1v) is 13.1. The van der Waals surface area contributed by atoms with Crippen LogP contribution in [0.1, 0.15) is 66.6 Å². The Morgan fingerprint density at radius 3 is 2.32 bits per heavy atom. The average molecular weight is 496 g/mol. The summed E-state index contributed by atoms with van der Waals surface area (Å²) in [5, 5.41) is 2.91. The van der Waals surface area contributed by atoms with Gasteiger partial charge in [0.25, 0.3) is 5.91 Å². The lowest BCUT2D eigenvalue weighted by Crippen LogP contribution is -2.17. The van der Waals surface area contributed by atoms with Crippen molar-refractivity contribution in [1.82, 2.24) is 9.38 Å². The number of aromatic nitrogens is 2. The first-order valence-electron chi connectivity index (χ1n) is 13.1. The number of aryl methyl sites for hydroxylation is 1. The maximum Gasteiger partial charge on any atom is 0.306 e. The van der Waals surface area contributed by atoms with Gasteiger partial charge in [-0.15, -0.1) is 0 Å². The highest BCUT2D eigenvalue weighted by molar-refractivity contribution is 6.03. The van der Waals surface area contributed by atoms with Gasteiger partial charge in [-0.2, -0.15) is 0 Å². The maximum atomic E-state index is 12.7. The Morgan fingerprint density at radius 2 is 1.62 bits per heavy atom. The number of rotatable bonds is 7. The Kier molecular flexibility index (Phi) is 7.35. The van der Waals surface area contributed by atoms with Gasteiger partial charge in [0.1, 0.15) is 11.3 Å². The van der Waals surface area contributed by atoms with E-state index in [0.29, 0.717) is 30.6 Å². The molecular formula is C31H33N3O3. The number of imidazole rings is 1. The molecule has 0 atom stereocenters. The largest absolute Gasteiger partial charge is 0.466 e. The van der Waals surface area contributed by atoms with E-state index in [2.05, 4.69) is 34.6 Å². The van der Waals surface area contributed by atoms with E-state index in [0.717, 1.165) is 53.7 Å². The van der Waals surface area contributed by atoms with Crippen LogP contribution in [-0.2, 0) is 9.53 Å². The normalized spacial score (nSPS) is 17.5. The number of amides is 1. The van der Waals surface area contributed by atoms with E-state index >= 15 is 0 Å². The third kappa shape index (κ3) is 5.91. The van der Waals surface area contributed by atoms with Gasteiger partial charge in [-0.1, -0.05) is 42.0 Å². The van der Waals surface area contributed by atoms with E-state index < -0.39 is 0 Å². The van der Waals surface area contributed by atoms with E-state index in [1.165, 1.54) is 5.56 Å². The molecule has 1 saturated carbocycles. The van der Waals surface area contributed by atoms with Gasteiger partial charge in [0.2, 0.25) is 0 Å². The molecule has 0 aliphatic heterocycles. The molecule has 1 fully saturated rings. The lowest BCUT2D eigenvalue weighted by atomic mass is 9.77. The third-order valence-electron chi connectivity index (χ3n) is 7.32. The van der Waals surface area contributed by atoms with Gasteiger partial charge in [-0.3, -0.25) is 9.59 Å². The molecule has 2 aromatic heterocycles. The summed E-state index contributed by atoms with van der Waals surface area (Å²) < 4.78 is 7.02. The highest BCUT2D eigenvalue weighted by Gasteiger charge is 2.24. The number of fused-ring (bicyclic) bond motifs is 1. The monoisotopic (exact) mass is 495 g/mol. The van der Waals surface area contributed by atoms with Crippen molar-refractivity contribution >= 4 is 23.2 Å². The van der Waals surface area contributed by atoms with Gasteiger partial charge < -0.3 is 14.5 Å². The molecule has 1 amide bonds. The minimum Gasteiger partial charge on any atom is -0.466 e. The molecule has 0 bridgehead atoms. The van der Waals surface area contributed by atoms with Crippen molar-refractivity contribution in [3.05, 3.63) is 89.9 Å². The summed E-state index contributed by atoms with van der Waals surface area (Å²) in [6, 6.07) is 20.5. The topological polar surface area (TPSA) is 72.7 Å². The van der Waals surface area contributed by atoms with Crippen molar-refractivity contribution < 1.29 is 14.3 Å². The number of ether oxygens (including phenoxy) is 1. The summed E-state index contributed by atoms with van der Waals surface area (Å²) >= 11 is 0. The molecule has 2 heterocycles. The lowest BCUT2D eigenvalue weighted by Gasteiger charge is -2.28. The molecule has 0 radical (unpaired) electrons. The van der Waals surface area contributed by atoms with Crippen molar-refractivity contribution in [2.45, 2.75) is 51.9 Å². The Morgan fingerprint density at radius 1 is 0.919 bits per heavy atom. The number of pyridine rings is 1. The van der Waals surface area contributed by atoms with Crippen LogP contribution < -0.4 is 5.32 Å². The zero-order valence-electron chi connectivity index (χ0n) is 21.4. The molecule has 1 aliphatic rings. The van der Waals surface area contributed by atoms with E-state index in [9.17, 15) is 9.59 Å². The Bertz CT molecular complexity index is 1380. The highest BCUT2D eigenvalue weighted by atomic mass is 16.5. The van der Waals surface area contributed by atoms with Crippen LogP contribution in [0.25, 0.3) is 16.8 Å². The number of esters is 1. The Labute approximate surface area is 217 Å². The van der Waals surface area contributed by atoms with E-state index in [-0.39, 0.29) is 11.9 Å². The van der Waals surface area contributed by atoms with Crippen LogP contribution in [-0.4, -0.2) is 27.9 Å². The van der Waals surface area contributed by atoms with E-state index in [4.69, 9.17) is 4.74 Å². The Hall–Kier alpha value is -3.93. The summed E-state index contributed by atoms with van der Waals surface area (Å²) in [7, 11) is 0. The predicted octanol–water partition coefficient (Wildman–Crippen LogP) is 6.79. The van der Waals surface area contributed by atoms with E-state index in [1.54, 1.807) is 6.20 Å². The molecule has 1 aliphatic carbocycles. The minimum absolute atomic E-state index is 0.0656. The van der Waals surface area contributed by atoms with Crippen LogP contribution in [0, 0.1) is 12.8 Å². The zero-order valence-corrected chi connectivity index (χ0v) is 21.4. The molecule has 37 heavy (non-hydrogen) atoms. The standard InChI is InChI=1S/C31H33N3O3/c1-3-37-30(35)18-22-6-8-23(9-7-22)24-10-12-25(13-11-24)26-14-17-29-33-28(20-34(29)19-26)31(36)32-27-15-4-21(2)5-16-27/h4-5,10-17,19-20,22-23H,3,6-9,18H2,1-2H3,(H,32,36). The first kappa shape index (κ1) is 24.8. The second-order valence-electron chi connectivity index (χ2n) is 9.98. The average Bonchev–Trinajstić information content (AvgIpc) is 3.35. The van der Waals surface area contributed by atoms with Crippen LogP contribution in [0.15, 0.2) is 73.1 Å². The van der Waals surface area contributed by atoms with E-state index in [1.807, 2.05) is 60.8 Å². The number of nitrogens with one attached hydrogen (secondary N) is 1. The summed E-state index contributed by atoms with van der Waals surface area (Å²) in [4.78, 5) is 29.0. The first-order chi connectivity index (χ1) is 18.0. The number of carbonyl (C=O) groups is 2. The zero-order chi connectivity index (χ0) is 25.8. The lowest BCUT2D eigenvalue weighted by molar-refractivity contribution is -0.144. The fraction of sp³-hybridized carbons (Fsp3) is 0.323. The van der Waals surface area contributed by atoms with Crippen molar-refractivity contribution in [2.24, 2.45) is 5.92 Å². The number of benzene rings is 2. The minimum atomic E-state index is -0.226. The van der Waals surface area contributed by atoms with Crippen molar-refractivity contribution in [3.8, 4) is 11.1 Å². The van der Waals surface area contributed by atoms with Crippen LogP contribution in [0.2, 0.25) is 0 Å². The van der Waals surface area contributed by atoms with Gasteiger partial charge in [0.05, 0.1) is 6.61 Å². The fourth-order valence-electron chi connectivity index (χ4n) is 5.21. The molecule has 0 spiro atoms. The number of hydrogen-bond donors (Lipinski definition) is 1. The number of anilines is 1. The summed E-state index contributed by atoms with van der Waals surface area (Å²) in [6.07, 6.45) is 8.69. The fourth-order valence-corrected chi connectivity index (χ4v) is 5.21. The summed E-state index contributed by atoms with van der Waals surface area (Å²) in [5.41, 5.74) is 6.56. The number of hydrogen-bond acceptors (Lipinski definition) is 4. The summed E-state index contributed by atoms with van der Waals surface area (Å²) in [5.74, 6) is 0.693. The molecule has 5 rings (SSSR count). The molecular weight excluding hydrogens is 462 g/mol. The number of carbonyl (C=O) groups excluding carboxylic acids is 2. The van der Waals surface area contributed by atoms with Gasteiger partial charge >= 0.3 is 5.97 Å². The molecule has 2 aromatic carbocycles. The quantitative estimate of drug-likeness (QED) is 0.287. The molecule has 0 unspecified atom stereocenters. The van der Waals surface area contributed by atoms with Crippen molar-refractivity contribution in [1.29, 1.82) is 0 Å². The SMILES string of the molecule is CCOC(=O)CC1CCC(c2ccc(-c3ccc4nc(C(=O)Nc5ccc(C)cc5)cn4c3)cc2)CC1. The van der Waals surface area contributed by atoms with Gasteiger partial charge in [0.15, 0.2) is 0 Å². The molecule has 190 valence electrons. The third-order valence-corrected chi connectivity index (χ3v) is 7.32. The molecule has 6 nitrogen and oxygen atoms in total. The molecule has 6 heteroatoms. The van der Waals surface area contributed by atoms with Crippen LogP contribution in [0.4, 0.5) is 5.69 Å². The number of nitrogens with zero attached hydrogens (tertiary/aromatic N) is 2. The Balaban J connectivity index is 1.23. The van der Waals surface area contributed by atoms with Crippen molar-refractivity contribution in [3.63, 3.8) is 0 Å². The van der Waals surface area contributed by atoms with Gasteiger partial charge in [-0.25, -0.2) is 4.98 Å². The molecule has 0 saturated heterocycles. The second kappa shape index (κ2) is 11.0. The molecule has 4 aromatic rings. The van der Waals surface area contributed by atoms with Gasteiger partial charge in [-0.05, 0) is 92.3 Å².